The molecule has 5 nitrogen and oxygen atoms in total. The number of sulfonamides is 1. The number of hydrogen-bond donors (Lipinski definition) is 2. The van der Waals surface area contributed by atoms with Crippen molar-refractivity contribution < 1.29 is 17.5 Å². The quantitative estimate of drug-likeness (QED) is 0.642. The lowest BCUT2D eigenvalue weighted by molar-refractivity contribution is 0.383. The fourth-order valence-electron chi connectivity index (χ4n) is 4.12. The molecule has 0 spiro atoms. The molecule has 28 heavy (non-hydrogen) atoms. The Kier molecular flexibility index (Phi) is 4.38. The number of H-pyrrole nitrogens is 1. The summed E-state index contributed by atoms with van der Waals surface area (Å²) < 4.78 is 45.2. The van der Waals surface area contributed by atoms with Gasteiger partial charge in [0.2, 0.25) is 10.0 Å². The van der Waals surface area contributed by atoms with Gasteiger partial charge in [0.05, 0.1) is 24.6 Å². The number of anilines is 1. The topological polar surface area (TPSA) is 71.2 Å². The Morgan fingerprint density at radius 3 is 2.64 bits per heavy atom. The average Bonchev–Trinajstić information content (AvgIpc) is 3.40. The summed E-state index contributed by atoms with van der Waals surface area (Å²) in [6.07, 6.45) is 5.25. The summed E-state index contributed by atoms with van der Waals surface area (Å²) in [7, 11) is -1.93. The van der Waals surface area contributed by atoms with Crippen LogP contribution in [0.4, 0.5) is 10.1 Å². The van der Waals surface area contributed by atoms with E-state index in [1.807, 2.05) is 24.4 Å². The van der Waals surface area contributed by atoms with E-state index in [0.29, 0.717) is 11.6 Å². The van der Waals surface area contributed by atoms with Crippen LogP contribution in [0.2, 0.25) is 0 Å². The highest BCUT2D eigenvalue weighted by Gasteiger charge is 2.45. The van der Waals surface area contributed by atoms with Crippen LogP contribution < -0.4 is 9.46 Å². The minimum Gasteiger partial charge on any atom is -0.494 e. The van der Waals surface area contributed by atoms with Gasteiger partial charge in [0.15, 0.2) is 11.6 Å². The molecule has 0 bridgehead atoms. The van der Waals surface area contributed by atoms with Gasteiger partial charge in [0, 0.05) is 17.0 Å². The minimum absolute atomic E-state index is 0.226. The standard InChI is InChI=1S/C21H23FN2O3S/c1-21(13-7-8-13,14-9-10-17(22)19(11-14)27-2)16-12-23-20-15(16)5-4-6-18(20)24-28(3,25)26/h4-6,9-13,23-24H,7-8H2,1-3H3. The number of rotatable bonds is 6. The smallest absolute Gasteiger partial charge is 0.229 e. The number of methoxy groups -OCH3 is 1. The van der Waals surface area contributed by atoms with Crippen LogP contribution in [0.15, 0.2) is 42.6 Å². The van der Waals surface area contributed by atoms with Gasteiger partial charge in [-0.05, 0) is 48.1 Å². The summed E-state index contributed by atoms with van der Waals surface area (Å²) in [5.74, 6) is 0.264. The number of ether oxygens (including phenoxy) is 1. The van der Waals surface area contributed by atoms with E-state index >= 15 is 0 Å². The first-order valence-corrected chi connectivity index (χ1v) is 11.1. The van der Waals surface area contributed by atoms with E-state index in [0.717, 1.165) is 41.1 Å². The third-order valence-electron chi connectivity index (χ3n) is 5.71. The van der Waals surface area contributed by atoms with Crippen LogP contribution in [-0.4, -0.2) is 26.8 Å². The van der Waals surface area contributed by atoms with Crippen LogP contribution in [0.25, 0.3) is 10.9 Å². The Hall–Kier alpha value is -2.54. The molecule has 7 heteroatoms. The zero-order chi connectivity index (χ0) is 20.1. The summed E-state index contributed by atoms with van der Waals surface area (Å²) >= 11 is 0. The van der Waals surface area contributed by atoms with Crippen molar-refractivity contribution in [2.75, 3.05) is 18.1 Å². The lowest BCUT2D eigenvalue weighted by Crippen LogP contribution is -2.26. The molecule has 148 valence electrons. The molecular formula is C21H23FN2O3S. The summed E-state index contributed by atoms with van der Waals surface area (Å²) in [4.78, 5) is 3.25. The molecular weight excluding hydrogens is 379 g/mol. The van der Waals surface area contributed by atoms with Gasteiger partial charge in [-0.15, -0.1) is 0 Å². The van der Waals surface area contributed by atoms with E-state index in [1.54, 1.807) is 12.1 Å². The van der Waals surface area contributed by atoms with Crippen molar-refractivity contribution in [3.05, 3.63) is 59.5 Å². The second kappa shape index (κ2) is 6.51. The normalized spacial score (nSPS) is 16.7. The number of halogens is 1. The summed E-state index contributed by atoms with van der Waals surface area (Å²) in [6.45, 7) is 2.16. The Bertz CT molecular complexity index is 1150. The van der Waals surface area contributed by atoms with E-state index in [2.05, 4.69) is 16.6 Å². The molecule has 0 radical (unpaired) electrons. The highest BCUT2D eigenvalue weighted by molar-refractivity contribution is 7.92. The van der Waals surface area contributed by atoms with Gasteiger partial charge in [0.1, 0.15) is 0 Å². The van der Waals surface area contributed by atoms with Crippen molar-refractivity contribution in [1.29, 1.82) is 0 Å². The van der Waals surface area contributed by atoms with Gasteiger partial charge in [-0.2, -0.15) is 0 Å². The van der Waals surface area contributed by atoms with Crippen molar-refractivity contribution in [3.8, 4) is 5.75 Å². The van der Waals surface area contributed by atoms with E-state index in [4.69, 9.17) is 4.74 Å². The van der Waals surface area contributed by atoms with Crippen LogP contribution in [0.1, 0.15) is 30.9 Å². The molecule has 1 saturated carbocycles. The van der Waals surface area contributed by atoms with Crippen LogP contribution in [0.3, 0.4) is 0 Å². The monoisotopic (exact) mass is 402 g/mol. The van der Waals surface area contributed by atoms with Gasteiger partial charge < -0.3 is 9.72 Å². The number of nitrogens with one attached hydrogen (secondary N) is 2. The van der Waals surface area contributed by atoms with Gasteiger partial charge in [-0.1, -0.05) is 25.1 Å². The zero-order valence-corrected chi connectivity index (χ0v) is 16.9. The molecule has 1 aliphatic rings. The Morgan fingerprint density at radius 1 is 1.25 bits per heavy atom. The second-order valence-corrected chi connectivity index (χ2v) is 9.38. The molecule has 2 N–H and O–H groups in total. The number of fused-ring (bicyclic) bond motifs is 1. The molecule has 1 aromatic heterocycles. The fourth-order valence-corrected chi connectivity index (χ4v) is 4.69. The van der Waals surface area contributed by atoms with E-state index in [1.165, 1.54) is 13.2 Å². The van der Waals surface area contributed by atoms with Crippen LogP contribution in [0, 0.1) is 11.7 Å². The lowest BCUT2D eigenvalue weighted by atomic mass is 9.72. The number of aromatic amines is 1. The van der Waals surface area contributed by atoms with Gasteiger partial charge in [-0.3, -0.25) is 4.72 Å². The molecule has 0 saturated heterocycles. The van der Waals surface area contributed by atoms with E-state index in [9.17, 15) is 12.8 Å². The minimum atomic E-state index is -3.39. The molecule has 1 unspecified atom stereocenters. The summed E-state index contributed by atoms with van der Waals surface area (Å²) in [6, 6.07) is 10.6. The lowest BCUT2D eigenvalue weighted by Gasteiger charge is -2.31. The number of hydrogen-bond acceptors (Lipinski definition) is 3. The second-order valence-electron chi connectivity index (χ2n) is 7.63. The highest BCUT2D eigenvalue weighted by atomic mass is 32.2. The van der Waals surface area contributed by atoms with Crippen molar-refractivity contribution in [2.24, 2.45) is 5.92 Å². The predicted octanol–water partition coefficient (Wildman–Crippen LogP) is 4.40. The molecule has 1 aliphatic carbocycles. The van der Waals surface area contributed by atoms with E-state index < -0.39 is 10.0 Å². The molecule has 0 amide bonds. The third-order valence-corrected chi connectivity index (χ3v) is 6.31. The maximum Gasteiger partial charge on any atom is 0.229 e. The number of aromatic nitrogens is 1. The van der Waals surface area contributed by atoms with Crippen molar-refractivity contribution in [1.82, 2.24) is 4.98 Å². The Balaban J connectivity index is 1.90. The zero-order valence-electron chi connectivity index (χ0n) is 16.0. The molecule has 3 aromatic rings. The SMILES string of the molecule is COc1cc(C(C)(c2c[nH]c3c(NS(C)(=O)=O)cccc23)C2CC2)ccc1F. The van der Waals surface area contributed by atoms with Gasteiger partial charge in [-0.25, -0.2) is 12.8 Å². The molecule has 0 aliphatic heterocycles. The van der Waals surface area contributed by atoms with Crippen LogP contribution in [0.5, 0.6) is 5.75 Å². The first-order chi connectivity index (χ1) is 13.2. The predicted molar refractivity (Wildman–Crippen MR) is 109 cm³/mol. The maximum atomic E-state index is 14.0. The molecule has 2 aromatic carbocycles. The average molecular weight is 402 g/mol. The molecule has 1 heterocycles. The maximum absolute atomic E-state index is 14.0. The van der Waals surface area contributed by atoms with Gasteiger partial charge >= 0.3 is 0 Å². The number of para-hydroxylation sites is 1. The van der Waals surface area contributed by atoms with Crippen LogP contribution >= 0.6 is 0 Å². The number of benzene rings is 2. The van der Waals surface area contributed by atoms with Crippen LogP contribution in [-0.2, 0) is 15.4 Å². The third kappa shape index (κ3) is 3.13. The molecule has 1 atom stereocenters. The Labute approximate surface area is 164 Å². The Morgan fingerprint density at radius 2 is 2.00 bits per heavy atom. The summed E-state index contributed by atoms with van der Waals surface area (Å²) in [5, 5.41) is 0.950. The molecule has 1 fully saturated rings. The van der Waals surface area contributed by atoms with E-state index in [-0.39, 0.29) is 17.0 Å². The fraction of sp³-hybridized carbons (Fsp3) is 0.333. The first-order valence-electron chi connectivity index (χ1n) is 9.16. The van der Waals surface area contributed by atoms with Crippen molar-refractivity contribution in [2.45, 2.75) is 25.2 Å². The highest BCUT2D eigenvalue weighted by Crippen LogP contribution is 2.53. The van der Waals surface area contributed by atoms with Gasteiger partial charge in [0.25, 0.3) is 0 Å². The van der Waals surface area contributed by atoms with Crippen molar-refractivity contribution >= 4 is 26.6 Å². The first kappa shape index (κ1) is 18.8. The largest absolute Gasteiger partial charge is 0.494 e. The molecule has 4 rings (SSSR count). The summed E-state index contributed by atoms with van der Waals surface area (Å²) in [5.41, 5.74) is 2.96. The van der Waals surface area contributed by atoms with Crippen molar-refractivity contribution in [3.63, 3.8) is 0 Å².